The standard InChI is InChI=1S/C33H51ClO6/c1-19-11-14-33(27(37)39-8)16-15-30(5)20(25(33)32(19,7)38)9-10-23-29(4)17-21(40-24(35)18-34)26(36)28(2,3)22(29)12-13-31(23,30)6/h9,19,21-23,25-26,36,38H,10-18H2,1-8H3/t19-,21-,22+,23-,25-,26+,29+,30-,31-,32-,33+/m1/s1. The van der Waals surface area contributed by atoms with E-state index in [1.54, 1.807) is 0 Å². The van der Waals surface area contributed by atoms with E-state index in [1.807, 2.05) is 6.92 Å². The number of methoxy groups -OCH3 is 1. The molecule has 0 amide bonds. The Labute approximate surface area is 245 Å². The molecule has 0 spiro atoms. The summed E-state index contributed by atoms with van der Waals surface area (Å²) in [6.07, 6.45) is 7.62. The van der Waals surface area contributed by atoms with Crippen LogP contribution in [0.2, 0.25) is 0 Å². The molecule has 226 valence electrons. The van der Waals surface area contributed by atoms with E-state index in [2.05, 4.69) is 47.6 Å². The van der Waals surface area contributed by atoms with Gasteiger partial charge in [0, 0.05) is 5.92 Å². The second-order valence-electron chi connectivity index (χ2n) is 15.7. The van der Waals surface area contributed by atoms with Crippen LogP contribution in [-0.2, 0) is 19.1 Å². The van der Waals surface area contributed by atoms with E-state index >= 15 is 0 Å². The molecule has 40 heavy (non-hydrogen) atoms. The van der Waals surface area contributed by atoms with E-state index in [-0.39, 0.29) is 45.8 Å². The summed E-state index contributed by atoms with van der Waals surface area (Å²) in [5.74, 6) is -0.518. The summed E-state index contributed by atoms with van der Waals surface area (Å²) in [7, 11) is 1.48. The molecule has 0 unspecified atom stereocenters. The number of aliphatic hydroxyl groups excluding tert-OH is 1. The van der Waals surface area contributed by atoms with Crippen LogP contribution in [0, 0.1) is 50.7 Å². The zero-order valence-electron chi connectivity index (χ0n) is 25.8. The summed E-state index contributed by atoms with van der Waals surface area (Å²) in [6, 6.07) is 0. The summed E-state index contributed by atoms with van der Waals surface area (Å²) < 4.78 is 11.2. The van der Waals surface area contributed by atoms with Gasteiger partial charge >= 0.3 is 11.9 Å². The number of fused-ring (bicyclic) bond motifs is 7. The van der Waals surface area contributed by atoms with Crippen molar-refractivity contribution < 1.29 is 29.3 Å². The number of esters is 2. The van der Waals surface area contributed by atoms with Crippen molar-refractivity contribution in [1.29, 1.82) is 0 Å². The molecule has 6 nitrogen and oxygen atoms in total. The van der Waals surface area contributed by atoms with Crippen molar-refractivity contribution in [3.05, 3.63) is 11.6 Å². The zero-order chi connectivity index (χ0) is 29.7. The number of hydrogen-bond donors (Lipinski definition) is 2. The van der Waals surface area contributed by atoms with Gasteiger partial charge in [0.25, 0.3) is 0 Å². The fourth-order valence-electron chi connectivity index (χ4n) is 11.5. The number of carbonyl (C=O) groups is 2. The maximum atomic E-state index is 13.5. The molecule has 0 radical (unpaired) electrons. The van der Waals surface area contributed by atoms with Crippen LogP contribution in [0.15, 0.2) is 11.6 Å². The lowest BCUT2D eigenvalue weighted by Crippen LogP contribution is -2.69. The highest BCUT2D eigenvalue weighted by molar-refractivity contribution is 6.26. The lowest BCUT2D eigenvalue weighted by atomic mass is 9.33. The number of halogens is 1. The Bertz CT molecular complexity index is 1100. The van der Waals surface area contributed by atoms with Gasteiger partial charge in [-0.15, -0.1) is 11.6 Å². The Morgan fingerprint density at radius 1 is 1.02 bits per heavy atom. The summed E-state index contributed by atoms with van der Waals surface area (Å²) in [6.45, 7) is 15.5. The second kappa shape index (κ2) is 9.44. The maximum Gasteiger partial charge on any atom is 0.321 e. The second-order valence-corrected chi connectivity index (χ2v) is 15.9. The number of allylic oxidation sites excluding steroid dienone is 1. The zero-order valence-corrected chi connectivity index (χ0v) is 26.6. The summed E-state index contributed by atoms with van der Waals surface area (Å²) in [5.41, 5.74) is -1.33. The molecule has 0 aromatic heterocycles. The first-order valence-corrected chi connectivity index (χ1v) is 16.0. The normalized spacial score (nSPS) is 51.2. The van der Waals surface area contributed by atoms with Gasteiger partial charge in [-0.05, 0) is 97.7 Å². The van der Waals surface area contributed by atoms with Crippen LogP contribution in [0.3, 0.4) is 0 Å². The maximum absolute atomic E-state index is 13.5. The van der Waals surface area contributed by atoms with Crippen molar-refractivity contribution in [1.82, 2.24) is 0 Å². The van der Waals surface area contributed by atoms with E-state index in [0.29, 0.717) is 18.8 Å². The molecule has 0 aromatic carbocycles. The number of ether oxygens (including phenoxy) is 2. The third kappa shape index (κ3) is 3.73. The summed E-state index contributed by atoms with van der Waals surface area (Å²) in [5, 5.41) is 23.5. The molecule has 0 aromatic rings. The van der Waals surface area contributed by atoms with Crippen molar-refractivity contribution in [3.63, 3.8) is 0 Å². The molecule has 0 saturated heterocycles. The van der Waals surface area contributed by atoms with Crippen molar-refractivity contribution in [2.75, 3.05) is 13.0 Å². The van der Waals surface area contributed by atoms with Gasteiger partial charge in [-0.1, -0.05) is 53.2 Å². The molecule has 5 aliphatic rings. The molecule has 4 fully saturated rings. The molecule has 0 aliphatic heterocycles. The van der Waals surface area contributed by atoms with Crippen LogP contribution in [0.5, 0.6) is 0 Å². The third-order valence-electron chi connectivity index (χ3n) is 14.0. The Balaban J connectivity index is 1.62. The van der Waals surface area contributed by atoms with Gasteiger partial charge in [0.2, 0.25) is 0 Å². The number of carbonyl (C=O) groups excluding carboxylic acids is 2. The highest BCUT2D eigenvalue weighted by Gasteiger charge is 2.72. The highest BCUT2D eigenvalue weighted by Crippen LogP contribution is 2.76. The van der Waals surface area contributed by atoms with E-state index < -0.39 is 34.6 Å². The van der Waals surface area contributed by atoms with Crippen LogP contribution < -0.4 is 0 Å². The Morgan fingerprint density at radius 2 is 1.70 bits per heavy atom. The minimum atomic E-state index is -1.01. The average Bonchev–Trinajstić information content (AvgIpc) is 2.89. The van der Waals surface area contributed by atoms with Crippen LogP contribution >= 0.6 is 11.6 Å². The molecule has 7 heteroatoms. The molecule has 5 rings (SSSR count). The number of rotatable bonds is 3. The van der Waals surface area contributed by atoms with Gasteiger partial charge in [-0.3, -0.25) is 9.59 Å². The smallest absolute Gasteiger partial charge is 0.321 e. The van der Waals surface area contributed by atoms with Crippen molar-refractivity contribution in [3.8, 4) is 0 Å². The third-order valence-corrected chi connectivity index (χ3v) is 14.2. The van der Waals surface area contributed by atoms with Gasteiger partial charge in [0.05, 0.1) is 24.2 Å². The van der Waals surface area contributed by atoms with Gasteiger partial charge in [0.15, 0.2) is 0 Å². The van der Waals surface area contributed by atoms with Gasteiger partial charge < -0.3 is 19.7 Å². The summed E-state index contributed by atoms with van der Waals surface area (Å²) >= 11 is 5.81. The molecular weight excluding hydrogens is 528 g/mol. The molecule has 5 aliphatic carbocycles. The molecule has 0 heterocycles. The Kier molecular flexibility index (Phi) is 7.17. The van der Waals surface area contributed by atoms with Crippen molar-refractivity contribution in [2.45, 2.75) is 118 Å². The first kappa shape index (κ1) is 30.4. The van der Waals surface area contributed by atoms with E-state index in [0.717, 1.165) is 38.5 Å². The van der Waals surface area contributed by atoms with Crippen molar-refractivity contribution >= 4 is 23.5 Å². The Morgan fingerprint density at radius 3 is 2.33 bits per heavy atom. The van der Waals surface area contributed by atoms with E-state index in [4.69, 9.17) is 21.1 Å². The number of hydrogen-bond acceptors (Lipinski definition) is 6. The number of aliphatic hydroxyl groups is 2. The van der Waals surface area contributed by atoms with E-state index in [1.165, 1.54) is 12.7 Å². The minimum absolute atomic E-state index is 0.0790. The topological polar surface area (TPSA) is 93.1 Å². The first-order chi connectivity index (χ1) is 18.5. The van der Waals surface area contributed by atoms with Gasteiger partial charge in [-0.25, -0.2) is 0 Å². The molecule has 2 N–H and O–H groups in total. The largest absolute Gasteiger partial charge is 0.469 e. The Hall–Kier alpha value is -1.11. The van der Waals surface area contributed by atoms with Crippen molar-refractivity contribution in [2.24, 2.45) is 50.7 Å². The van der Waals surface area contributed by atoms with Gasteiger partial charge in [0.1, 0.15) is 12.0 Å². The molecule has 4 saturated carbocycles. The summed E-state index contributed by atoms with van der Waals surface area (Å²) in [4.78, 5) is 25.8. The highest BCUT2D eigenvalue weighted by atomic mass is 35.5. The van der Waals surface area contributed by atoms with Gasteiger partial charge in [-0.2, -0.15) is 0 Å². The predicted molar refractivity (Wildman–Crippen MR) is 154 cm³/mol. The quantitative estimate of drug-likeness (QED) is 0.240. The van der Waals surface area contributed by atoms with Crippen LogP contribution in [0.4, 0.5) is 0 Å². The monoisotopic (exact) mass is 578 g/mol. The molecular formula is C33H51ClO6. The lowest BCUT2D eigenvalue weighted by Gasteiger charge is -2.72. The van der Waals surface area contributed by atoms with E-state index in [9.17, 15) is 19.8 Å². The van der Waals surface area contributed by atoms with Crippen LogP contribution in [0.1, 0.15) is 99.8 Å². The SMILES string of the molecule is COC(=O)[C@]12CC[C@@H](C)[C@@](C)(O)[C@H]1C1=CC[C@@H]3[C@@]4(C)C[C@@H](OC(=O)CCl)[C@H](O)C(C)(C)[C@@H]4CC[C@@]3(C)[C@]1(C)CC2. The minimum Gasteiger partial charge on any atom is -0.469 e. The number of alkyl halides is 1. The predicted octanol–water partition coefficient (Wildman–Crippen LogP) is 6.05. The van der Waals surface area contributed by atoms with Crippen LogP contribution in [-0.4, -0.2) is 53.0 Å². The lowest BCUT2D eigenvalue weighted by molar-refractivity contribution is -0.241. The molecule has 0 bridgehead atoms. The average molecular weight is 579 g/mol. The van der Waals surface area contributed by atoms with Crippen LogP contribution in [0.25, 0.3) is 0 Å². The molecule has 11 atom stereocenters. The fraction of sp³-hybridized carbons (Fsp3) is 0.879. The fourth-order valence-corrected chi connectivity index (χ4v) is 11.5. The first-order valence-electron chi connectivity index (χ1n) is 15.4.